The van der Waals surface area contributed by atoms with E-state index in [1.807, 2.05) is 4.90 Å². The van der Waals surface area contributed by atoms with Crippen LogP contribution in [0.2, 0.25) is 0 Å². The van der Waals surface area contributed by atoms with Crippen molar-refractivity contribution in [1.29, 1.82) is 0 Å². The zero-order valence-electron chi connectivity index (χ0n) is 9.62. The molecule has 0 aromatic carbocycles. The third-order valence-corrected chi connectivity index (χ3v) is 2.94. The van der Waals surface area contributed by atoms with Crippen LogP contribution in [-0.2, 0) is 4.79 Å². The average Bonchev–Trinajstić information content (AvgIpc) is 2.15. The van der Waals surface area contributed by atoms with Gasteiger partial charge in [-0.2, -0.15) is 0 Å². The third-order valence-electron chi connectivity index (χ3n) is 2.94. The maximum absolute atomic E-state index is 11.4. The van der Waals surface area contributed by atoms with Crippen molar-refractivity contribution in [3.63, 3.8) is 0 Å². The van der Waals surface area contributed by atoms with Gasteiger partial charge < -0.3 is 9.80 Å². The van der Waals surface area contributed by atoms with Gasteiger partial charge in [-0.05, 0) is 46.3 Å². The Kier molecular flexibility index (Phi) is 4.39. The normalized spacial score (nSPS) is 22.9. The topological polar surface area (TPSA) is 23.6 Å². The quantitative estimate of drug-likeness (QED) is 0.683. The molecule has 0 radical (unpaired) electrons. The first-order valence-electron chi connectivity index (χ1n) is 5.53. The van der Waals surface area contributed by atoms with E-state index in [1.54, 1.807) is 6.92 Å². The lowest BCUT2D eigenvalue weighted by atomic mass is 9.99. The summed E-state index contributed by atoms with van der Waals surface area (Å²) < 4.78 is 0. The number of amides is 1. The largest absolute Gasteiger partial charge is 0.340 e. The van der Waals surface area contributed by atoms with Gasteiger partial charge in [0.15, 0.2) is 0 Å². The van der Waals surface area contributed by atoms with E-state index in [4.69, 9.17) is 0 Å². The Hall–Kier alpha value is -0.570. The minimum absolute atomic E-state index is 0.244. The smallest absolute Gasteiger partial charge is 0.219 e. The third kappa shape index (κ3) is 3.29. The van der Waals surface area contributed by atoms with Gasteiger partial charge >= 0.3 is 0 Å². The Bertz CT molecular complexity index is 192. The second-order valence-corrected chi connectivity index (χ2v) is 4.45. The van der Waals surface area contributed by atoms with Gasteiger partial charge in [0, 0.05) is 19.5 Å². The Labute approximate surface area is 87.1 Å². The molecule has 1 rings (SSSR count). The number of likely N-dealkylation sites (tertiary alicyclic amines) is 1. The minimum Gasteiger partial charge on any atom is -0.340 e. The number of rotatable bonds is 3. The van der Waals surface area contributed by atoms with Crippen LogP contribution < -0.4 is 0 Å². The summed E-state index contributed by atoms with van der Waals surface area (Å²) in [6.07, 6.45) is 4.76. The molecule has 1 fully saturated rings. The predicted molar refractivity (Wildman–Crippen MR) is 58.2 cm³/mol. The Morgan fingerprint density at radius 3 is 2.71 bits per heavy atom. The van der Waals surface area contributed by atoms with Crippen molar-refractivity contribution in [2.24, 2.45) is 0 Å². The molecule has 0 spiro atoms. The van der Waals surface area contributed by atoms with Crippen LogP contribution in [0.3, 0.4) is 0 Å². The lowest BCUT2D eigenvalue weighted by molar-refractivity contribution is -0.132. The fraction of sp³-hybridized carbons (Fsp3) is 0.909. The number of carbonyl (C=O) groups excluding carboxylic acids is 1. The van der Waals surface area contributed by atoms with Crippen LogP contribution in [0.5, 0.6) is 0 Å². The van der Waals surface area contributed by atoms with Crippen molar-refractivity contribution in [2.45, 2.75) is 38.6 Å². The SMILES string of the molecule is CC(=O)N1CCCCC1CCN(C)C. The number of carbonyl (C=O) groups is 1. The molecule has 0 aliphatic carbocycles. The Balaban J connectivity index is 2.42. The Morgan fingerprint density at radius 2 is 2.14 bits per heavy atom. The highest BCUT2D eigenvalue weighted by molar-refractivity contribution is 5.73. The van der Waals surface area contributed by atoms with Gasteiger partial charge in [0.2, 0.25) is 5.91 Å². The number of hydrogen-bond donors (Lipinski definition) is 0. The lowest BCUT2D eigenvalue weighted by Gasteiger charge is -2.35. The van der Waals surface area contributed by atoms with Crippen LogP contribution in [0.4, 0.5) is 0 Å². The first kappa shape index (κ1) is 11.5. The molecular weight excluding hydrogens is 176 g/mol. The maximum Gasteiger partial charge on any atom is 0.219 e. The summed E-state index contributed by atoms with van der Waals surface area (Å²) >= 11 is 0. The summed E-state index contributed by atoms with van der Waals surface area (Å²) in [6, 6.07) is 0.489. The highest BCUT2D eigenvalue weighted by Gasteiger charge is 2.23. The summed E-state index contributed by atoms with van der Waals surface area (Å²) in [5, 5.41) is 0. The lowest BCUT2D eigenvalue weighted by Crippen LogP contribution is -2.43. The fourth-order valence-corrected chi connectivity index (χ4v) is 2.12. The summed E-state index contributed by atoms with van der Waals surface area (Å²) in [4.78, 5) is 15.6. The first-order chi connectivity index (χ1) is 6.61. The van der Waals surface area contributed by atoms with E-state index >= 15 is 0 Å². The maximum atomic E-state index is 11.4. The average molecular weight is 198 g/mol. The summed E-state index contributed by atoms with van der Waals surface area (Å²) in [6.45, 7) is 3.73. The minimum atomic E-state index is 0.244. The first-order valence-corrected chi connectivity index (χ1v) is 5.53. The molecule has 1 aliphatic heterocycles. The molecule has 0 bridgehead atoms. The second-order valence-electron chi connectivity index (χ2n) is 4.45. The molecule has 1 amide bonds. The molecule has 0 saturated carbocycles. The predicted octanol–water partition coefficient (Wildman–Crippen LogP) is 1.34. The van der Waals surface area contributed by atoms with E-state index in [2.05, 4.69) is 19.0 Å². The van der Waals surface area contributed by atoms with Gasteiger partial charge in [-0.1, -0.05) is 0 Å². The van der Waals surface area contributed by atoms with Gasteiger partial charge in [0.1, 0.15) is 0 Å². The molecule has 1 aliphatic rings. The van der Waals surface area contributed by atoms with Crippen molar-refractivity contribution in [3.05, 3.63) is 0 Å². The van der Waals surface area contributed by atoms with Gasteiger partial charge in [-0.15, -0.1) is 0 Å². The molecular formula is C11H22N2O. The van der Waals surface area contributed by atoms with Gasteiger partial charge in [0.25, 0.3) is 0 Å². The van der Waals surface area contributed by atoms with Gasteiger partial charge in [-0.3, -0.25) is 4.79 Å². The van der Waals surface area contributed by atoms with E-state index in [0.717, 1.165) is 19.5 Å². The van der Waals surface area contributed by atoms with E-state index < -0.39 is 0 Å². The van der Waals surface area contributed by atoms with E-state index in [-0.39, 0.29) is 5.91 Å². The summed E-state index contributed by atoms with van der Waals surface area (Å²) in [7, 11) is 4.17. The van der Waals surface area contributed by atoms with Crippen LogP contribution in [0.1, 0.15) is 32.6 Å². The summed E-state index contributed by atoms with van der Waals surface area (Å²) in [5.74, 6) is 0.244. The van der Waals surface area contributed by atoms with Gasteiger partial charge in [-0.25, -0.2) is 0 Å². The van der Waals surface area contributed by atoms with E-state index in [0.29, 0.717) is 6.04 Å². The molecule has 0 N–H and O–H groups in total. The van der Waals surface area contributed by atoms with Crippen LogP contribution in [0.15, 0.2) is 0 Å². The second kappa shape index (κ2) is 5.35. The zero-order chi connectivity index (χ0) is 10.6. The van der Waals surface area contributed by atoms with Crippen molar-refractivity contribution in [3.8, 4) is 0 Å². The standard InChI is InChI=1S/C11H22N2O/c1-10(14)13-8-5-4-6-11(13)7-9-12(2)3/h11H,4-9H2,1-3H3. The molecule has 1 saturated heterocycles. The molecule has 1 atom stereocenters. The van der Waals surface area contributed by atoms with Crippen LogP contribution in [-0.4, -0.2) is 48.9 Å². The highest BCUT2D eigenvalue weighted by Crippen LogP contribution is 2.19. The van der Waals surface area contributed by atoms with Crippen molar-refractivity contribution in [1.82, 2.24) is 9.80 Å². The highest BCUT2D eigenvalue weighted by atomic mass is 16.2. The number of piperidine rings is 1. The molecule has 0 aromatic rings. The molecule has 0 aromatic heterocycles. The molecule has 14 heavy (non-hydrogen) atoms. The Morgan fingerprint density at radius 1 is 1.43 bits per heavy atom. The van der Waals surface area contributed by atoms with Crippen LogP contribution in [0, 0.1) is 0 Å². The zero-order valence-corrected chi connectivity index (χ0v) is 9.62. The van der Waals surface area contributed by atoms with E-state index in [9.17, 15) is 4.79 Å². The molecule has 3 heteroatoms. The van der Waals surface area contributed by atoms with Crippen molar-refractivity contribution >= 4 is 5.91 Å². The number of hydrogen-bond acceptors (Lipinski definition) is 2. The molecule has 82 valence electrons. The molecule has 3 nitrogen and oxygen atoms in total. The van der Waals surface area contributed by atoms with Crippen molar-refractivity contribution < 1.29 is 4.79 Å². The van der Waals surface area contributed by atoms with Gasteiger partial charge in [0.05, 0.1) is 0 Å². The molecule has 1 unspecified atom stereocenters. The fourth-order valence-electron chi connectivity index (χ4n) is 2.12. The van der Waals surface area contributed by atoms with Crippen LogP contribution in [0.25, 0.3) is 0 Å². The van der Waals surface area contributed by atoms with E-state index in [1.165, 1.54) is 19.3 Å². The van der Waals surface area contributed by atoms with Crippen molar-refractivity contribution in [2.75, 3.05) is 27.2 Å². The summed E-state index contributed by atoms with van der Waals surface area (Å²) in [5.41, 5.74) is 0. The van der Waals surface area contributed by atoms with Crippen LogP contribution >= 0.6 is 0 Å². The molecule has 1 heterocycles. The monoisotopic (exact) mass is 198 g/mol. The number of nitrogens with zero attached hydrogens (tertiary/aromatic N) is 2.